The number of carbonyl (C=O) groups is 1. The molecule has 0 aliphatic heterocycles. The van der Waals surface area contributed by atoms with Crippen molar-refractivity contribution in [1.29, 1.82) is 0 Å². The van der Waals surface area contributed by atoms with Crippen molar-refractivity contribution in [2.45, 2.75) is 26.7 Å². The summed E-state index contributed by atoms with van der Waals surface area (Å²) in [5.41, 5.74) is 0.715. The summed E-state index contributed by atoms with van der Waals surface area (Å²) < 4.78 is 10.6. The maximum atomic E-state index is 11.9. The Hall–Kier alpha value is -1.35. The molecule has 0 aliphatic rings. The minimum atomic E-state index is 0.145. The molecule has 1 aromatic carbocycles. The van der Waals surface area contributed by atoms with Gasteiger partial charge in [0.1, 0.15) is 5.75 Å². The molecule has 0 N–H and O–H groups in total. The highest BCUT2D eigenvalue weighted by Gasteiger charge is 2.06. The summed E-state index contributed by atoms with van der Waals surface area (Å²) in [7, 11) is 0. The molecule has 3 nitrogen and oxygen atoms in total. The van der Waals surface area contributed by atoms with Gasteiger partial charge in [-0.3, -0.25) is 4.79 Å². The van der Waals surface area contributed by atoms with Crippen LogP contribution in [0.25, 0.3) is 0 Å². The van der Waals surface area contributed by atoms with Crippen LogP contribution in [-0.4, -0.2) is 25.6 Å². The maximum Gasteiger partial charge on any atom is 0.163 e. The third kappa shape index (κ3) is 5.00. The van der Waals surface area contributed by atoms with E-state index in [0.717, 1.165) is 12.2 Å². The lowest BCUT2D eigenvalue weighted by Crippen LogP contribution is -2.03. The van der Waals surface area contributed by atoms with Gasteiger partial charge in [-0.25, -0.2) is 0 Å². The van der Waals surface area contributed by atoms with E-state index in [1.165, 1.54) is 0 Å². The minimum Gasteiger partial charge on any atom is -0.494 e. The highest BCUT2D eigenvalue weighted by Crippen LogP contribution is 2.15. The molecule has 0 radical (unpaired) electrons. The van der Waals surface area contributed by atoms with Gasteiger partial charge < -0.3 is 9.47 Å². The summed E-state index contributed by atoms with van der Waals surface area (Å²) in [6.45, 7) is 5.84. The van der Waals surface area contributed by atoms with E-state index in [1.54, 1.807) is 6.07 Å². The van der Waals surface area contributed by atoms with Crippen molar-refractivity contribution in [3.05, 3.63) is 29.8 Å². The van der Waals surface area contributed by atoms with Crippen LogP contribution in [0, 0.1) is 0 Å². The molecule has 0 unspecified atom stereocenters. The zero-order valence-electron chi connectivity index (χ0n) is 10.6. The summed E-state index contributed by atoms with van der Waals surface area (Å²) in [5.74, 6) is 0.898. The van der Waals surface area contributed by atoms with Gasteiger partial charge in [0.2, 0.25) is 0 Å². The van der Waals surface area contributed by atoms with Crippen LogP contribution in [0.3, 0.4) is 0 Å². The fourth-order valence-corrected chi connectivity index (χ4v) is 1.55. The van der Waals surface area contributed by atoms with Crippen molar-refractivity contribution in [2.75, 3.05) is 19.8 Å². The van der Waals surface area contributed by atoms with Crippen molar-refractivity contribution in [3.63, 3.8) is 0 Å². The Morgan fingerprint density at radius 2 is 2.06 bits per heavy atom. The number of rotatable bonds is 8. The molecule has 3 heteroatoms. The number of hydrogen-bond donors (Lipinski definition) is 0. The lowest BCUT2D eigenvalue weighted by molar-refractivity contribution is 0.0946. The zero-order chi connectivity index (χ0) is 12.5. The third-order valence-electron chi connectivity index (χ3n) is 2.36. The average Bonchev–Trinajstić information content (AvgIpc) is 2.35. The number of ketones is 1. The van der Waals surface area contributed by atoms with Crippen LogP contribution in [0.15, 0.2) is 24.3 Å². The Morgan fingerprint density at radius 3 is 2.76 bits per heavy atom. The van der Waals surface area contributed by atoms with Crippen molar-refractivity contribution in [1.82, 2.24) is 0 Å². The predicted octanol–water partition coefficient (Wildman–Crippen LogP) is 3.08. The summed E-state index contributed by atoms with van der Waals surface area (Å²) in [6, 6.07) is 7.33. The van der Waals surface area contributed by atoms with Crippen LogP contribution in [0.5, 0.6) is 5.75 Å². The van der Waals surface area contributed by atoms with E-state index in [4.69, 9.17) is 9.47 Å². The number of ether oxygens (including phenoxy) is 2. The molecule has 17 heavy (non-hydrogen) atoms. The molecule has 1 rings (SSSR count). The Balaban J connectivity index is 2.47. The first-order valence-corrected chi connectivity index (χ1v) is 6.11. The van der Waals surface area contributed by atoms with Crippen molar-refractivity contribution in [3.8, 4) is 5.75 Å². The van der Waals surface area contributed by atoms with Gasteiger partial charge in [0, 0.05) is 25.2 Å². The largest absolute Gasteiger partial charge is 0.494 e. The second kappa shape index (κ2) is 7.85. The number of benzene rings is 1. The smallest absolute Gasteiger partial charge is 0.163 e. The molecule has 0 bridgehead atoms. The second-order valence-electron chi connectivity index (χ2n) is 3.68. The molecular formula is C14H20O3. The van der Waals surface area contributed by atoms with E-state index in [2.05, 4.69) is 0 Å². The highest BCUT2D eigenvalue weighted by atomic mass is 16.5. The molecule has 0 saturated carbocycles. The van der Waals surface area contributed by atoms with E-state index < -0.39 is 0 Å². The lowest BCUT2D eigenvalue weighted by Gasteiger charge is -2.05. The normalized spacial score (nSPS) is 10.2. The summed E-state index contributed by atoms with van der Waals surface area (Å²) >= 11 is 0. The third-order valence-corrected chi connectivity index (χ3v) is 2.36. The highest BCUT2D eigenvalue weighted by molar-refractivity contribution is 5.96. The van der Waals surface area contributed by atoms with Gasteiger partial charge in [-0.15, -0.1) is 0 Å². The summed E-state index contributed by atoms with van der Waals surface area (Å²) in [6.07, 6.45) is 1.29. The van der Waals surface area contributed by atoms with Crippen LogP contribution in [0.1, 0.15) is 37.0 Å². The van der Waals surface area contributed by atoms with Crippen LogP contribution in [-0.2, 0) is 4.74 Å². The van der Waals surface area contributed by atoms with Crippen LogP contribution in [0.4, 0.5) is 0 Å². The molecule has 0 heterocycles. The molecule has 0 fully saturated rings. The first-order valence-electron chi connectivity index (χ1n) is 6.11. The van der Waals surface area contributed by atoms with Gasteiger partial charge in [-0.2, -0.15) is 0 Å². The van der Waals surface area contributed by atoms with Gasteiger partial charge >= 0.3 is 0 Å². The topological polar surface area (TPSA) is 35.5 Å². The Morgan fingerprint density at radius 1 is 1.24 bits per heavy atom. The zero-order valence-corrected chi connectivity index (χ0v) is 10.6. The molecule has 0 saturated heterocycles. The Labute approximate surface area is 103 Å². The van der Waals surface area contributed by atoms with Gasteiger partial charge in [0.15, 0.2) is 5.78 Å². The quantitative estimate of drug-likeness (QED) is 0.514. The minimum absolute atomic E-state index is 0.145. The van der Waals surface area contributed by atoms with Crippen LogP contribution in [0.2, 0.25) is 0 Å². The van der Waals surface area contributed by atoms with Crippen molar-refractivity contribution in [2.24, 2.45) is 0 Å². The number of carbonyl (C=O) groups excluding carboxylic acids is 1. The molecule has 0 amide bonds. The molecule has 0 spiro atoms. The lowest BCUT2D eigenvalue weighted by atomic mass is 10.1. The van der Waals surface area contributed by atoms with Crippen molar-refractivity contribution < 1.29 is 14.3 Å². The first kappa shape index (κ1) is 13.7. The van der Waals surface area contributed by atoms with Gasteiger partial charge in [-0.05, 0) is 32.4 Å². The molecule has 1 aromatic rings. The van der Waals surface area contributed by atoms with E-state index in [-0.39, 0.29) is 5.78 Å². The summed E-state index contributed by atoms with van der Waals surface area (Å²) in [5, 5.41) is 0. The molecule has 0 aliphatic carbocycles. The number of Topliss-reactive ketones (excluding diaryl/α,β-unsaturated/α-hetero) is 1. The monoisotopic (exact) mass is 236 g/mol. The first-order chi connectivity index (χ1) is 8.27. The predicted molar refractivity (Wildman–Crippen MR) is 67.7 cm³/mol. The van der Waals surface area contributed by atoms with Gasteiger partial charge in [0.25, 0.3) is 0 Å². The molecule has 0 atom stereocenters. The Kier molecular flexibility index (Phi) is 6.33. The summed E-state index contributed by atoms with van der Waals surface area (Å²) in [4.78, 5) is 11.9. The average molecular weight is 236 g/mol. The standard InChI is InChI=1S/C14H20O3/c1-3-16-10-6-9-14(15)12-7-5-8-13(11-12)17-4-2/h5,7-8,11H,3-4,6,9-10H2,1-2H3. The van der Waals surface area contributed by atoms with Crippen LogP contribution >= 0.6 is 0 Å². The van der Waals surface area contributed by atoms with Crippen molar-refractivity contribution >= 4 is 5.78 Å². The Bertz CT molecular complexity index is 347. The molecule has 94 valence electrons. The fraction of sp³-hybridized carbons (Fsp3) is 0.500. The van der Waals surface area contributed by atoms with E-state index in [0.29, 0.717) is 31.8 Å². The van der Waals surface area contributed by atoms with E-state index in [1.807, 2.05) is 32.0 Å². The fourth-order valence-electron chi connectivity index (χ4n) is 1.55. The second-order valence-corrected chi connectivity index (χ2v) is 3.68. The van der Waals surface area contributed by atoms with Crippen LogP contribution < -0.4 is 4.74 Å². The molecule has 0 aromatic heterocycles. The van der Waals surface area contributed by atoms with Gasteiger partial charge in [-0.1, -0.05) is 12.1 Å². The van der Waals surface area contributed by atoms with E-state index >= 15 is 0 Å². The SMILES string of the molecule is CCOCCCC(=O)c1cccc(OCC)c1. The maximum absolute atomic E-state index is 11.9. The van der Waals surface area contributed by atoms with E-state index in [9.17, 15) is 4.79 Å². The van der Waals surface area contributed by atoms with Gasteiger partial charge in [0.05, 0.1) is 6.61 Å². The number of hydrogen-bond acceptors (Lipinski definition) is 3. The molecular weight excluding hydrogens is 216 g/mol.